The molecule has 188 valence electrons. The number of carbonyl (C=O) groups excluding carboxylic acids is 3. The molecule has 4 heterocycles. The highest BCUT2D eigenvalue weighted by atomic mass is 19.1. The minimum atomic E-state index is -1.29. The lowest BCUT2D eigenvalue weighted by Crippen LogP contribution is -2.46. The highest BCUT2D eigenvalue weighted by molar-refractivity contribution is 6.08. The van der Waals surface area contributed by atoms with Crippen LogP contribution in [0.15, 0.2) is 67.4 Å². The average molecular weight is 501 g/mol. The summed E-state index contributed by atoms with van der Waals surface area (Å²) in [6, 6.07) is 10.1. The molecular weight excluding hydrogens is 475 g/mol. The van der Waals surface area contributed by atoms with Crippen molar-refractivity contribution in [3.8, 4) is 11.1 Å². The van der Waals surface area contributed by atoms with Crippen molar-refractivity contribution in [3.05, 3.63) is 78.5 Å². The third-order valence-corrected chi connectivity index (χ3v) is 6.55. The molecule has 9 nitrogen and oxygen atoms in total. The van der Waals surface area contributed by atoms with Gasteiger partial charge < -0.3 is 14.8 Å². The molecule has 0 bridgehead atoms. The van der Waals surface area contributed by atoms with Crippen LogP contribution in [0.1, 0.15) is 29.3 Å². The molecule has 4 aromatic rings. The van der Waals surface area contributed by atoms with E-state index in [9.17, 15) is 18.8 Å². The van der Waals surface area contributed by atoms with Gasteiger partial charge in [-0.15, -0.1) is 0 Å². The maximum atomic E-state index is 14.4. The molecule has 0 radical (unpaired) electrons. The summed E-state index contributed by atoms with van der Waals surface area (Å²) >= 11 is 0. The summed E-state index contributed by atoms with van der Waals surface area (Å²) in [6.45, 7) is 1.43. The average Bonchev–Trinajstić information content (AvgIpc) is 3.49. The van der Waals surface area contributed by atoms with Crippen LogP contribution < -0.4 is 5.32 Å². The Morgan fingerprint density at radius 3 is 2.68 bits per heavy atom. The number of ketones is 1. The second kappa shape index (κ2) is 10.3. The maximum absolute atomic E-state index is 14.4. The van der Waals surface area contributed by atoms with Gasteiger partial charge in [0.1, 0.15) is 18.8 Å². The van der Waals surface area contributed by atoms with Crippen molar-refractivity contribution in [2.45, 2.75) is 38.6 Å². The molecule has 5 rings (SSSR count). The number of Topliss-reactive ketones (excluding diaryl/α,β-unsaturated/α-hetero) is 1. The van der Waals surface area contributed by atoms with Gasteiger partial charge in [0.2, 0.25) is 11.8 Å². The first-order chi connectivity index (χ1) is 17.9. The van der Waals surface area contributed by atoms with Gasteiger partial charge in [0.25, 0.3) is 0 Å². The molecule has 1 aliphatic rings. The first-order valence-corrected chi connectivity index (χ1v) is 11.9. The molecule has 37 heavy (non-hydrogen) atoms. The van der Waals surface area contributed by atoms with Gasteiger partial charge in [0.05, 0.1) is 18.9 Å². The summed E-state index contributed by atoms with van der Waals surface area (Å²) in [5.74, 6) is -0.940. The van der Waals surface area contributed by atoms with Crippen LogP contribution in [0.4, 0.5) is 4.39 Å². The number of nitrogens with zero attached hydrogens (tertiary/aromatic N) is 5. The van der Waals surface area contributed by atoms with E-state index in [1.54, 1.807) is 41.6 Å². The van der Waals surface area contributed by atoms with Crippen molar-refractivity contribution in [2.24, 2.45) is 0 Å². The summed E-state index contributed by atoms with van der Waals surface area (Å²) < 4.78 is 16.0. The van der Waals surface area contributed by atoms with Gasteiger partial charge in [-0.1, -0.05) is 12.1 Å². The van der Waals surface area contributed by atoms with Crippen molar-refractivity contribution < 1.29 is 18.8 Å². The molecule has 1 saturated heterocycles. The monoisotopic (exact) mass is 500 g/mol. The van der Waals surface area contributed by atoms with Crippen LogP contribution >= 0.6 is 0 Å². The number of rotatable bonds is 7. The van der Waals surface area contributed by atoms with E-state index >= 15 is 0 Å². The van der Waals surface area contributed by atoms with Gasteiger partial charge in [-0.25, -0.2) is 4.39 Å². The molecule has 2 amide bonds. The molecule has 3 aromatic heterocycles. The van der Waals surface area contributed by atoms with Crippen LogP contribution in [-0.2, 0) is 22.7 Å². The lowest BCUT2D eigenvalue weighted by atomic mass is 10.0. The number of carbonyl (C=O) groups is 3. The Balaban J connectivity index is 1.37. The zero-order valence-electron chi connectivity index (χ0n) is 20.2. The summed E-state index contributed by atoms with van der Waals surface area (Å²) in [5.41, 5.74) is 3.68. The third-order valence-electron chi connectivity index (χ3n) is 6.55. The van der Waals surface area contributed by atoms with Gasteiger partial charge in [-0.3, -0.25) is 19.4 Å². The number of benzene rings is 1. The number of likely N-dealkylation sites (tertiary alicyclic amines) is 1. The number of amides is 2. The first kappa shape index (κ1) is 24.2. The van der Waals surface area contributed by atoms with Crippen molar-refractivity contribution in [3.63, 3.8) is 0 Å². The molecule has 1 N–H and O–H groups in total. The Morgan fingerprint density at radius 1 is 1.08 bits per heavy atom. The second-order valence-corrected chi connectivity index (χ2v) is 9.06. The zero-order valence-corrected chi connectivity index (χ0v) is 20.2. The van der Waals surface area contributed by atoms with E-state index in [1.807, 2.05) is 30.3 Å². The number of aromatic nitrogens is 4. The SMILES string of the molecule is CC(=O)c1cn(CC(=O)N2C[C@H](F)C[C@H]2C(=O)NCc2cccnc2)c2ccc(-c3ccnnc3)cc12. The van der Waals surface area contributed by atoms with Crippen LogP contribution in [-0.4, -0.2) is 61.0 Å². The predicted molar refractivity (Wildman–Crippen MR) is 134 cm³/mol. The van der Waals surface area contributed by atoms with Crippen molar-refractivity contribution in [1.29, 1.82) is 0 Å². The van der Waals surface area contributed by atoms with E-state index < -0.39 is 24.0 Å². The number of alkyl halides is 1. The Bertz CT molecular complexity index is 1460. The van der Waals surface area contributed by atoms with Crippen molar-refractivity contribution in [2.75, 3.05) is 6.54 Å². The Labute approximate surface area is 212 Å². The van der Waals surface area contributed by atoms with Gasteiger partial charge in [0.15, 0.2) is 5.78 Å². The molecule has 10 heteroatoms. The number of nitrogens with one attached hydrogen (secondary N) is 1. The highest BCUT2D eigenvalue weighted by Gasteiger charge is 2.39. The summed E-state index contributed by atoms with van der Waals surface area (Å²) in [6.07, 6.45) is 6.79. The fraction of sp³-hybridized carbons (Fsp3) is 0.259. The predicted octanol–water partition coefficient (Wildman–Crippen LogP) is 2.95. The number of pyridine rings is 1. The summed E-state index contributed by atoms with van der Waals surface area (Å²) in [4.78, 5) is 43.9. The van der Waals surface area contributed by atoms with Gasteiger partial charge in [-0.2, -0.15) is 10.2 Å². The van der Waals surface area contributed by atoms with E-state index in [2.05, 4.69) is 20.5 Å². The molecule has 0 spiro atoms. The topological polar surface area (TPSA) is 110 Å². The third kappa shape index (κ3) is 5.09. The van der Waals surface area contributed by atoms with E-state index in [4.69, 9.17) is 0 Å². The number of fused-ring (bicyclic) bond motifs is 1. The smallest absolute Gasteiger partial charge is 0.243 e. The molecule has 0 aliphatic carbocycles. The first-order valence-electron chi connectivity index (χ1n) is 11.9. The van der Waals surface area contributed by atoms with Crippen LogP contribution in [0.25, 0.3) is 22.0 Å². The molecule has 0 saturated carbocycles. The van der Waals surface area contributed by atoms with E-state index in [0.717, 1.165) is 16.7 Å². The number of halogens is 1. The largest absolute Gasteiger partial charge is 0.350 e. The lowest BCUT2D eigenvalue weighted by molar-refractivity contribution is -0.139. The molecule has 1 aliphatic heterocycles. The van der Waals surface area contributed by atoms with E-state index in [0.29, 0.717) is 16.5 Å². The van der Waals surface area contributed by atoms with Crippen molar-refractivity contribution >= 4 is 28.5 Å². The standard InChI is InChI=1S/C27H25FN6O3/c1-17(35)23-15-33(24-5-4-19(9-22(23)24)20-6-8-31-32-13-20)16-26(36)34-14-21(28)10-25(34)27(37)30-12-18-3-2-7-29-11-18/h2-9,11,13,15,21,25H,10,12,14,16H2,1H3,(H,30,37)/t21-,25+/m1/s1. The summed E-state index contributed by atoms with van der Waals surface area (Å²) in [7, 11) is 0. The number of hydrogen-bond donors (Lipinski definition) is 1. The fourth-order valence-electron chi connectivity index (χ4n) is 4.70. The van der Waals surface area contributed by atoms with Gasteiger partial charge in [-0.05, 0) is 42.3 Å². The lowest BCUT2D eigenvalue weighted by Gasteiger charge is -2.24. The zero-order chi connectivity index (χ0) is 25.9. The van der Waals surface area contributed by atoms with Gasteiger partial charge in [0, 0.05) is 53.6 Å². The van der Waals surface area contributed by atoms with Crippen molar-refractivity contribution in [1.82, 2.24) is 30.0 Å². The molecular formula is C27H25FN6O3. The van der Waals surface area contributed by atoms with E-state index in [1.165, 1.54) is 11.8 Å². The Kier molecular flexibility index (Phi) is 6.72. The van der Waals surface area contributed by atoms with Crippen LogP contribution in [0.3, 0.4) is 0 Å². The quantitative estimate of drug-likeness (QED) is 0.391. The highest BCUT2D eigenvalue weighted by Crippen LogP contribution is 2.29. The minimum absolute atomic E-state index is 0.0565. The maximum Gasteiger partial charge on any atom is 0.243 e. The molecule has 2 atom stereocenters. The molecule has 1 aromatic carbocycles. The normalized spacial score (nSPS) is 17.2. The Hall–Kier alpha value is -4.47. The molecule has 1 fully saturated rings. The fourth-order valence-corrected chi connectivity index (χ4v) is 4.70. The summed E-state index contributed by atoms with van der Waals surface area (Å²) in [5, 5.41) is 11.2. The van der Waals surface area contributed by atoms with Gasteiger partial charge >= 0.3 is 0 Å². The molecule has 0 unspecified atom stereocenters. The second-order valence-electron chi connectivity index (χ2n) is 9.06. The Morgan fingerprint density at radius 2 is 1.95 bits per heavy atom. The minimum Gasteiger partial charge on any atom is -0.350 e. The van der Waals surface area contributed by atoms with Crippen LogP contribution in [0, 0.1) is 0 Å². The number of hydrogen-bond acceptors (Lipinski definition) is 6. The van der Waals surface area contributed by atoms with Crippen LogP contribution in [0.2, 0.25) is 0 Å². The van der Waals surface area contributed by atoms with E-state index in [-0.39, 0.29) is 31.8 Å². The van der Waals surface area contributed by atoms with Crippen LogP contribution in [0.5, 0.6) is 0 Å².